The predicted octanol–water partition coefficient (Wildman–Crippen LogP) is 2.41. The molecule has 3 N–H and O–H groups in total. The van der Waals surface area contributed by atoms with Crippen LogP contribution in [-0.4, -0.2) is 69.6 Å². The summed E-state index contributed by atoms with van der Waals surface area (Å²) in [6.45, 7) is 2.65. The fourth-order valence-electron chi connectivity index (χ4n) is 4.69. The van der Waals surface area contributed by atoms with E-state index in [1.165, 1.54) is 5.56 Å². The van der Waals surface area contributed by atoms with Crippen molar-refractivity contribution < 1.29 is 19.1 Å². The van der Waals surface area contributed by atoms with Gasteiger partial charge in [-0.3, -0.25) is 9.78 Å². The number of amides is 2. The van der Waals surface area contributed by atoms with Gasteiger partial charge in [-0.15, -0.1) is 0 Å². The number of carboxylic acids is 1. The number of H-pyrrole nitrogens is 1. The molecule has 2 aromatic heterocycles. The molecule has 0 radical (unpaired) electrons. The molecule has 2 aliphatic heterocycles. The second kappa shape index (κ2) is 9.20. The molecule has 1 aromatic carbocycles. The van der Waals surface area contributed by atoms with Gasteiger partial charge in [-0.2, -0.15) is 0 Å². The number of fused-ring (bicyclic) bond motifs is 2. The molecule has 1 saturated heterocycles. The van der Waals surface area contributed by atoms with E-state index in [4.69, 9.17) is 9.40 Å². The number of aliphatic carboxylic acids is 1. The molecule has 34 heavy (non-hydrogen) atoms. The van der Waals surface area contributed by atoms with E-state index in [2.05, 4.69) is 22.4 Å². The number of aromatic amines is 1. The third-order valence-corrected chi connectivity index (χ3v) is 6.54. The Hall–Kier alpha value is -3.82. The number of benzene rings is 1. The van der Waals surface area contributed by atoms with E-state index in [-0.39, 0.29) is 12.6 Å². The van der Waals surface area contributed by atoms with Gasteiger partial charge in [0.2, 0.25) is 0 Å². The van der Waals surface area contributed by atoms with Gasteiger partial charge in [0, 0.05) is 38.4 Å². The Kier molecular flexibility index (Phi) is 5.95. The number of nitrogens with zero attached hydrogens (tertiary/aromatic N) is 3. The van der Waals surface area contributed by atoms with E-state index < -0.39 is 17.6 Å². The molecule has 4 heterocycles. The van der Waals surface area contributed by atoms with Gasteiger partial charge in [-0.1, -0.05) is 12.1 Å². The van der Waals surface area contributed by atoms with Crippen LogP contribution in [0.3, 0.4) is 0 Å². The summed E-state index contributed by atoms with van der Waals surface area (Å²) in [5.74, 6) is -1.56. The highest BCUT2D eigenvalue weighted by molar-refractivity contribution is 5.82. The molecule has 178 valence electrons. The zero-order chi connectivity index (χ0) is 23.7. The van der Waals surface area contributed by atoms with Crippen LogP contribution in [0.2, 0.25) is 0 Å². The van der Waals surface area contributed by atoms with Crippen LogP contribution >= 0.6 is 0 Å². The van der Waals surface area contributed by atoms with Crippen LogP contribution in [0.4, 0.5) is 10.6 Å². The lowest BCUT2D eigenvalue weighted by atomic mass is 9.98. The highest BCUT2D eigenvalue weighted by Crippen LogP contribution is 2.24. The van der Waals surface area contributed by atoms with Crippen molar-refractivity contribution in [3.63, 3.8) is 0 Å². The molecule has 10 heteroatoms. The minimum absolute atomic E-state index is 0.0584. The SMILES string of the molecule is O=C(O)[C@H](CN1CCN(CCCc2ccc3c(n2)NCCC3)C1=O)c1ccc2[nH]c(=O)oc2c1. The van der Waals surface area contributed by atoms with Crippen molar-refractivity contribution in [2.45, 2.75) is 31.6 Å². The third-order valence-electron chi connectivity index (χ3n) is 6.54. The van der Waals surface area contributed by atoms with Gasteiger partial charge in [0.15, 0.2) is 5.58 Å². The minimum Gasteiger partial charge on any atom is -0.481 e. The molecule has 2 aliphatic rings. The van der Waals surface area contributed by atoms with Crippen LogP contribution in [0.25, 0.3) is 11.1 Å². The first-order valence-electron chi connectivity index (χ1n) is 11.6. The van der Waals surface area contributed by atoms with Gasteiger partial charge in [0.05, 0.1) is 11.4 Å². The second-order valence-electron chi connectivity index (χ2n) is 8.82. The van der Waals surface area contributed by atoms with Crippen LogP contribution in [0, 0.1) is 0 Å². The molecule has 10 nitrogen and oxygen atoms in total. The third kappa shape index (κ3) is 4.48. The molecule has 0 spiro atoms. The number of rotatable bonds is 8. The van der Waals surface area contributed by atoms with E-state index in [0.29, 0.717) is 36.3 Å². The summed E-state index contributed by atoms with van der Waals surface area (Å²) in [5.41, 5.74) is 3.56. The Morgan fingerprint density at radius 2 is 2.03 bits per heavy atom. The Labute approximate surface area is 195 Å². The quantitative estimate of drug-likeness (QED) is 0.465. The van der Waals surface area contributed by atoms with Crippen molar-refractivity contribution in [2.24, 2.45) is 0 Å². The number of urea groups is 1. The lowest BCUT2D eigenvalue weighted by Crippen LogP contribution is -2.36. The first kappa shape index (κ1) is 22.0. The zero-order valence-electron chi connectivity index (χ0n) is 18.7. The highest BCUT2D eigenvalue weighted by Gasteiger charge is 2.33. The summed E-state index contributed by atoms with van der Waals surface area (Å²) in [6.07, 6.45) is 3.75. The second-order valence-corrected chi connectivity index (χ2v) is 8.82. The monoisotopic (exact) mass is 465 g/mol. The fourth-order valence-corrected chi connectivity index (χ4v) is 4.69. The Morgan fingerprint density at radius 1 is 1.18 bits per heavy atom. The van der Waals surface area contributed by atoms with E-state index in [1.54, 1.807) is 28.0 Å². The standard InChI is InChI=1S/C24H27N5O5/c30-22(31)18(16-6-8-19-20(13-16)34-23(32)27-19)14-29-12-11-28(24(29)33)10-2-4-17-7-5-15-3-1-9-25-21(15)26-17/h5-8,13,18H,1-4,9-12,14H2,(H,25,26)(H,27,32)(H,30,31)/t18-/m1/s1. The maximum Gasteiger partial charge on any atom is 0.417 e. The molecule has 0 unspecified atom stereocenters. The molecule has 0 aliphatic carbocycles. The number of anilines is 1. The molecular weight excluding hydrogens is 438 g/mol. The van der Waals surface area contributed by atoms with Gasteiger partial charge in [0.25, 0.3) is 0 Å². The Morgan fingerprint density at radius 3 is 2.88 bits per heavy atom. The average molecular weight is 466 g/mol. The van der Waals surface area contributed by atoms with Crippen molar-refractivity contribution in [3.8, 4) is 0 Å². The topological polar surface area (TPSA) is 132 Å². The number of pyridine rings is 1. The maximum absolute atomic E-state index is 12.9. The van der Waals surface area contributed by atoms with Gasteiger partial charge < -0.3 is 24.6 Å². The van der Waals surface area contributed by atoms with Crippen LogP contribution in [0.1, 0.15) is 35.6 Å². The molecule has 2 amide bonds. The normalized spacial score (nSPS) is 16.5. The zero-order valence-corrected chi connectivity index (χ0v) is 18.7. The number of carboxylic acid groups (broad SMARTS) is 1. The molecular formula is C24H27N5O5. The molecule has 1 fully saturated rings. The lowest BCUT2D eigenvalue weighted by Gasteiger charge is -2.22. The summed E-state index contributed by atoms with van der Waals surface area (Å²) < 4.78 is 5.06. The van der Waals surface area contributed by atoms with Crippen molar-refractivity contribution in [2.75, 3.05) is 38.0 Å². The highest BCUT2D eigenvalue weighted by atomic mass is 16.4. The maximum atomic E-state index is 12.9. The lowest BCUT2D eigenvalue weighted by molar-refractivity contribution is -0.139. The van der Waals surface area contributed by atoms with Crippen LogP contribution in [-0.2, 0) is 17.6 Å². The van der Waals surface area contributed by atoms with E-state index >= 15 is 0 Å². The number of nitrogens with one attached hydrogen (secondary N) is 2. The first-order chi connectivity index (χ1) is 16.5. The van der Waals surface area contributed by atoms with Crippen LogP contribution in [0.15, 0.2) is 39.5 Å². The van der Waals surface area contributed by atoms with Crippen LogP contribution in [0.5, 0.6) is 0 Å². The fraction of sp³-hybridized carbons (Fsp3) is 0.417. The molecule has 0 saturated carbocycles. The van der Waals surface area contributed by atoms with E-state index in [1.807, 2.05) is 0 Å². The Bertz CT molecular complexity index is 1280. The Balaban J connectivity index is 1.18. The molecule has 0 bridgehead atoms. The van der Waals surface area contributed by atoms with Crippen molar-refractivity contribution in [3.05, 3.63) is 57.7 Å². The predicted molar refractivity (Wildman–Crippen MR) is 125 cm³/mol. The number of carbonyl (C=O) groups is 2. The van der Waals surface area contributed by atoms with Crippen LogP contribution < -0.4 is 11.1 Å². The van der Waals surface area contributed by atoms with Crippen molar-refractivity contribution in [1.29, 1.82) is 0 Å². The van der Waals surface area contributed by atoms with E-state index in [0.717, 1.165) is 43.7 Å². The van der Waals surface area contributed by atoms with Gasteiger partial charge in [-0.05, 0) is 55.0 Å². The van der Waals surface area contributed by atoms with Gasteiger partial charge >= 0.3 is 17.8 Å². The summed E-state index contributed by atoms with van der Waals surface area (Å²) in [5, 5.41) is 13.2. The molecule has 1 atom stereocenters. The summed E-state index contributed by atoms with van der Waals surface area (Å²) in [7, 11) is 0. The smallest absolute Gasteiger partial charge is 0.417 e. The number of hydrogen-bond donors (Lipinski definition) is 3. The van der Waals surface area contributed by atoms with E-state index in [9.17, 15) is 19.5 Å². The average Bonchev–Trinajstić information content (AvgIpc) is 3.37. The summed E-state index contributed by atoms with van der Waals surface area (Å²) in [6, 6.07) is 8.85. The van der Waals surface area contributed by atoms with Gasteiger partial charge in [-0.25, -0.2) is 14.6 Å². The van der Waals surface area contributed by atoms with Crippen molar-refractivity contribution in [1.82, 2.24) is 19.8 Å². The molecule has 3 aromatic rings. The molecule has 5 rings (SSSR count). The summed E-state index contributed by atoms with van der Waals surface area (Å²) >= 11 is 0. The largest absolute Gasteiger partial charge is 0.481 e. The minimum atomic E-state index is -1.03. The number of aromatic nitrogens is 2. The summed E-state index contributed by atoms with van der Waals surface area (Å²) in [4.78, 5) is 46.9. The van der Waals surface area contributed by atoms with Gasteiger partial charge in [0.1, 0.15) is 5.82 Å². The number of aryl methyl sites for hydroxylation is 2. The number of hydrogen-bond acceptors (Lipinski definition) is 6. The van der Waals surface area contributed by atoms with Crippen molar-refractivity contribution >= 4 is 28.9 Å². The first-order valence-corrected chi connectivity index (χ1v) is 11.6. The number of oxazole rings is 1. The number of carbonyl (C=O) groups excluding carboxylic acids is 1.